The third-order valence-corrected chi connectivity index (χ3v) is 7.80. The molecule has 2 aliphatic heterocycles. The Kier molecular flexibility index (Phi) is 9.01. The molecule has 0 bridgehead atoms. The molecule has 1 aliphatic carbocycles. The van der Waals surface area contributed by atoms with Crippen LogP contribution in [-0.4, -0.2) is 74.7 Å². The van der Waals surface area contributed by atoms with E-state index in [0.29, 0.717) is 42.4 Å². The van der Waals surface area contributed by atoms with Gasteiger partial charge in [-0.05, 0) is 83.8 Å². The molecule has 6 nitrogen and oxygen atoms in total. The second-order valence-corrected chi connectivity index (χ2v) is 10.5. The minimum atomic E-state index is 0.0171. The van der Waals surface area contributed by atoms with Gasteiger partial charge in [-0.2, -0.15) is 0 Å². The standard InChI is InChI=1S/C31H42N2O4/c1-2-35-28-23-24(36-20-10-18-32-14-5-3-6-15-32)22-26-30(28)29-25(31(26)34)12-9-13-27(29)37-21-11-19-33-16-7-4-8-17-33/h9,12-13,22-23H,2-8,10-11,14-21H2,1H3. The molecular weight excluding hydrogens is 464 g/mol. The molecule has 0 N–H and O–H groups in total. The van der Waals surface area contributed by atoms with E-state index in [1.807, 2.05) is 37.3 Å². The van der Waals surface area contributed by atoms with E-state index in [-0.39, 0.29) is 5.78 Å². The number of rotatable bonds is 12. The third kappa shape index (κ3) is 6.29. The summed E-state index contributed by atoms with van der Waals surface area (Å²) in [5.74, 6) is 2.18. The van der Waals surface area contributed by atoms with Crippen LogP contribution in [0.2, 0.25) is 0 Å². The van der Waals surface area contributed by atoms with Crippen molar-refractivity contribution < 1.29 is 19.0 Å². The highest BCUT2D eigenvalue weighted by Crippen LogP contribution is 2.49. The van der Waals surface area contributed by atoms with Gasteiger partial charge in [0, 0.05) is 41.4 Å². The Hall–Kier alpha value is -2.57. The molecule has 37 heavy (non-hydrogen) atoms. The third-order valence-electron chi connectivity index (χ3n) is 7.80. The number of hydrogen-bond donors (Lipinski definition) is 0. The van der Waals surface area contributed by atoms with Crippen LogP contribution < -0.4 is 14.2 Å². The Morgan fingerprint density at radius 2 is 1.32 bits per heavy atom. The summed E-state index contributed by atoms with van der Waals surface area (Å²) in [4.78, 5) is 18.5. The quantitative estimate of drug-likeness (QED) is 0.289. The van der Waals surface area contributed by atoms with Crippen LogP contribution in [0, 0.1) is 0 Å². The number of hydrogen-bond acceptors (Lipinski definition) is 6. The number of nitrogens with zero attached hydrogens (tertiary/aromatic N) is 2. The zero-order valence-corrected chi connectivity index (χ0v) is 22.4. The molecule has 0 amide bonds. The number of carbonyl (C=O) groups excluding carboxylic acids is 1. The molecule has 0 unspecified atom stereocenters. The van der Waals surface area contributed by atoms with Crippen LogP contribution >= 0.6 is 0 Å². The fraction of sp³-hybridized carbons (Fsp3) is 0.581. The topological polar surface area (TPSA) is 51.2 Å². The first-order chi connectivity index (χ1) is 18.2. The summed E-state index contributed by atoms with van der Waals surface area (Å²) >= 11 is 0. The second kappa shape index (κ2) is 12.8. The van der Waals surface area contributed by atoms with Crippen molar-refractivity contribution in [3.05, 3.63) is 41.5 Å². The van der Waals surface area contributed by atoms with Gasteiger partial charge in [-0.15, -0.1) is 0 Å². The van der Waals surface area contributed by atoms with Crippen LogP contribution in [0.4, 0.5) is 0 Å². The first kappa shape index (κ1) is 26.1. The highest BCUT2D eigenvalue weighted by Gasteiger charge is 2.33. The van der Waals surface area contributed by atoms with Crippen LogP contribution in [0.1, 0.15) is 74.2 Å². The van der Waals surface area contributed by atoms with E-state index < -0.39 is 0 Å². The zero-order valence-electron chi connectivity index (χ0n) is 22.4. The van der Waals surface area contributed by atoms with Gasteiger partial charge in [-0.1, -0.05) is 25.0 Å². The highest BCUT2D eigenvalue weighted by atomic mass is 16.5. The van der Waals surface area contributed by atoms with E-state index in [0.717, 1.165) is 42.8 Å². The minimum Gasteiger partial charge on any atom is -0.493 e. The summed E-state index contributed by atoms with van der Waals surface area (Å²) in [6.07, 6.45) is 9.87. The zero-order chi connectivity index (χ0) is 25.5. The molecule has 0 spiro atoms. The maximum Gasteiger partial charge on any atom is 0.194 e. The van der Waals surface area contributed by atoms with Crippen molar-refractivity contribution in [1.82, 2.24) is 9.80 Å². The summed E-state index contributed by atoms with van der Waals surface area (Å²) in [5.41, 5.74) is 3.04. The van der Waals surface area contributed by atoms with Crippen LogP contribution in [0.25, 0.3) is 11.1 Å². The number of piperidine rings is 2. The average Bonchev–Trinajstić information content (AvgIpc) is 3.23. The lowest BCUT2D eigenvalue weighted by Crippen LogP contribution is -2.31. The largest absolute Gasteiger partial charge is 0.493 e. The number of benzene rings is 2. The smallest absolute Gasteiger partial charge is 0.194 e. The van der Waals surface area contributed by atoms with Crippen LogP contribution in [0.3, 0.4) is 0 Å². The van der Waals surface area contributed by atoms with Crippen molar-refractivity contribution in [2.75, 3.05) is 59.1 Å². The van der Waals surface area contributed by atoms with Gasteiger partial charge < -0.3 is 24.0 Å². The summed E-state index contributed by atoms with van der Waals surface area (Å²) in [6, 6.07) is 9.62. The Morgan fingerprint density at radius 1 is 0.703 bits per heavy atom. The van der Waals surface area contributed by atoms with Crippen LogP contribution in [-0.2, 0) is 0 Å². The fourth-order valence-corrected chi connectivity index (χ4v) is 5.94. The maximum absolute atomic E-state index is 13.4. The predicted octanol–water partition coefficient (Wildman–Crippen LogP) is 5.81. The number of fused-ring (bicyclic) bond motifs is 3. The van der Waals surface area contributed by atoms with Gasteiger partial charge >= 0.3 is 0 Å². The van der Waals surface area contributed by atoms with E-state index in [9.17, 15) is 4.79 Å². The van der Waals surface area contributed by atoms with Crippen molar-refractivity contribution in [3.63, 3.8) is 0 Å². The summed E-state index contributed by atoms with van der Waals surface area (Å²) in [5, 5.41) is 0. The van der Waals surface area contributed by atoms with Gasteiger partial charge in [0.25, 0.3) is 0 Å². The van der Waals surface area contributed by atoms with Crippen molar-refractivity contribution in [2.45, 2.75) is 58.3 Å². The van der Waals surface area contributed by atoms with Gasteiger partial charge in [0.05, 0.1) is 19.8 Å². The second-order valence-electron chi connectivity index (χ2n) is 10.5. The first-order valence-electron chi connectivity index (χ1n) is 14.4. The molecule has 0 aromatic heterocycles. The lowest BCUT2D eigenvalue weighted by atomic mass is 10.0. The van der Waals surface area contributed by atoms with Gasteiger partial charge in [-0.25, -0.2) is 0 Å². The molecule has 200 valence electrons. The van der Waals surface area contributed by atoms with E-state index in [2.05, 4.69) is 9.80 Å². The van der Waals surface area contributed by atoms with E-state index in [1.165, 1.54) is 64.7 Å². The lowest BCUT2D eigenvalue weighted by molar-refractivity contribution is 0.104. The molecule has 2 aromatic rings. The minimum absolute atomic E-state index is 0.0171. The first-order valence-corrected chi connectivity index (χ1v) is 14.4. The predicted molar refractivity (Wildman–Crippen MR) is 147 cm³/mol. The Bertz CT molecular complexity index is 1060. The SMILES string of the molecule is CCOc1cc(OCCCN2CCCCC2)cc2c1-c1c(OCCCN3CCCCC3)cccc1C2=O. The Morgan fingerprint density at radius 3 is 1.97 bits per heavy atom. The lowest BCUT2D eigenvalue weighted by Gasteiger charge is -2.26. The van der Waals surface area contributed by atoms with Gasteiger partial charge in [0.1, 0.15) is 17.2 Å². The van der Waals surface area contributed by atoms with Gasteiger partial charge in [-0.3, -0.25) is 4.79 Å². The highest BCUT2D eigenvalue weighted by molar-refractivity contribution is 6.23. The number of likely N-dealkylation sites (tertiary alicyclic amines) is 2. The van der Waals surface area contributed by atoms with Crippen LogP contribution in [0.15, 0.2) is 30.3 Å². The maximum atomic E-state index is 13.4. The summed E-state index contributed by atoms with van der Waals surface area (Å²) < 4.78 is 18.5. The Balaban J connectivity index is 1.27. The number of ketones is 1. The van der Waals surface area contributed by atoms with Gasteiger partial charge in [0.2, 0.25) is 0 Å². The number of carbonyl (C=O) groups is 1. The molecule has 0 atom stereocenters. The average molecular weight is 507 g/mol. The molecule has 0 saturated carbocycles. The molecule has 0 radical (unpaired) electrons. The van der Waals surface area contributed by atoms with Crippen LogP contribution in [0.5, 0.6) is 17.2 Å². The normalized spacial score (nSPS) is 17.9. The fourth-order valence-electron chi connectivity index (χ4n) is 5.94. The molecule has 2 saturated heterocycles. The molecule has 2 heterocycles. The number of ether oxygens (including phenoxy) is 3. The summed E-state index contributed by atoms with van der Waals surface area (Å²) in [6.45, 7) is 10.7. The van der Waals surface area contributed by atoms with Gasteiger partial charge in [0.15, 0.2) is 5.78 Å². The molecule has 3 aliphatic rings. The van der Waals surface area contributed by atoms with Crippen molar-refractivity contribution in [3.8, 4) is 28.4 Å². The van der Waals surface area contributed by atoms with E-state index >= 15 is 0 Å². The van der Waals surface area contributed by atoms with Crippen molar-refractivity contribution >= 4 is 5.78 Å². The monoisotopic (exact) mass is 506 g/mol. The molecular formula is C31H42N2O4. The molecule has 6 heteroatoms. The molecule has 2 fully saturated rings. The van der Waals surface area contributed by atoms with Crippen molar-refractivity contribution in [2.24, 2.45) is 0 Å². The summed E-state index contributed by atoms with van der Waals surface area (Å²) in [7, 11) is 0. The molecule has 2 aromatic carbocycles. The van der Waals surface area contributed by atoms with E-state index in [4.69, 9.17) is 14.2 Å². The van der Waals surface area contributed by atoms with E-state index in [1.54, 1.807) is 0 Å². The molecule has 5 rings (SSSR count). The van der Waals surface area contributed by atoms with Crippen molar-refractivity contribution in [1.29, 1.82) is 0 Å². The Labute approximate surface area is 221 Å².